The molecule has 1 N–H and O–H groups in total. The van der Waals surface area contributed by atoms with Gasteiger partial charge in [-0.25, -0.2) is 13.4 Å². The molecule has 1 heterocycles. The van der Waals surface area contributed by atoms with Gasteiger partial charge in [-0.2, -0.15) is 0 Å². The number of imidazole rings is 1. The topological polar surface area (TPSA) is 81.1 Å². The molecule has 1 amide bonds. The van der Waals surface area contributed by atoms with Gasteiger partial charge in [0.05, 0.1) is 0 Å². The van der Waals surface area contributed by atoms with E-state index in [1.54, 1.807) is 0 Å². The highest BCUT2D eigenvalue weighted by atomic mass is 35.7. The zero-order chi connectivity index (χ0) is 14.6. The minimum Gasteiger partial charge on any atom is -0.352 e. The molecule has 0 bridgehead atoms. The van der Waals surface area contributed by atoms with Gasteiger partial charge in [-0.05, 0) is 20.3 Å². The number of halogens is 1. The number of amides is 1. The van der Waals surface area contributed by atoms with Crippen molar-refractivity contribution in [3.05, 3.63) is 12.0 Å². The largest absolute Gasteiger partial charge is 0.352 e. The third-order valence-electron chi connectivity index (χ3n) is 2.32. The Labute approximate surface area is 117 Å². The fraction of sp³-hybridized carbons (Fsp3) is 0.636. The normalized spacial score (nSPS) is 11.8. The molecule has 6 nitrogen and oxygen atoms in total. The van der Waals surface area contributed by atoms with Crippen LogP contribution in [0.2, 0.25) is 0 Å². The minimum absolute atomic E-state index is 0.0295. The van der Waals surface area contributed by atoms with E-state index in [2.05, 4.69) is 10.3 Å². The first-order chi connectivity index (χ1) is 8.74. The van der Waals surface area contributed by atoms with E-state index in [1.165, 1.54) is 10.8 Å². The zero-order valence-corrected chi connectivity index (χ0v) is 12.8. The molecule has 0 aliphatic carbocycles. The van der Waals surface area contributed by atoms with Crippen LogP contribution in [0.3, 0.4) is 0 Å². The van der Waals surface area contributed by atoms with Gasteiger partial charge in [0.1, 0.15) is 12.4 Å². The Bertz CT molecular complexity index is 552. The van der Waals surface area contributed by atoms with Crippen LogP contribution >= 0.6 is 10.7 Å². The van der Waals surface area contributed by atoms with Crippen LogP contribution in [0, 0.1) is 0 Å². The van der Waals surface area contributed by atoms with Gasteiger partial charge >= 0.3 is 0 Å². The van der Waals surface area contributed by atoms with Crippen LogP contribution in [0.15, 0.2) is 11.2 Å². The van der Waals surface area contributed by atoms with Crippen molar-refractivity contribution in [2.45, 2.75) is 51.2 Å². The molecule has 1 aromatic heterocycles. The first-order valence-electron chi connectivity index (χ1n) is 6.04. The molecule has 0 aliphatic heterocycles. The van der Waals surface area contributed by atoms with Gasteiger partial charge in [-0.3, -0.25) is 4.79 Å². The molecule has 0 radical (unpaired) electrons. The summed E-state index contributed by atoms with van der Waals surface area (Å²) in [5.74, 6) is 0.351. The molecule has 0 aromatic carbocycles. The number of rotatable bonds is 6. The number of carbonyl (C=O) groups excluding carboxylic acids is 1. The summed E-state index contributed by atoms with van der Waals surface area (Å²) in [6.07, 6.45) is 2.68. The average Bonchev–Trinajstić information content (AvgIpc) is 2.60. The molecule has 8 heteroatoms. The fourth-order valence-electron chi connectivity index (χ4n) is 1.63. The fourth-order valence-corrected chi connectivity index (χ4v) is 2.32. The van der Waals surface area contributed by atoms with E-state index in [9.17, 15) is 13.2 Å². The Morgan fingerprint density at radius 3 is 2.63 bits per heavy atom. The Hall–Kier alpha value is -1.08. The molecular formula is C11H18ClN3O3S. The molecule has 0 saturated heterocycles. The first-order valence-corrected chi connectivity index (χ1v) is 8.35. The maximum absolute atomic E-state index is 11.7. The monoisotopic (exact) mass is 307 g/mol. The summed E-state index contributed by atoms with van der Waals surface area (Å²) in [6, 6.07) is 0.0295. The van der Waals surface area contributed by atoms with Crippen molar-refractivity contribution >= 4 is 25.6 Å². The molecule has 0 atom stereocenters. The van der Waals surface area contributed by atoms with Gasteiger partial charge in [0.25, 0.3) is 9.05 Å². The second-order valence-corrected chi connectivity index (χ2v) is 7.05. The van der Waals surface area contributed by atoms with Crippen molar-refractivity contribution in [2.24, 2.45) is 0 Å². The van der Waals surface area contributed by atoms with Crippen LogP contribution in [-0.4, -0.2) is 29.9 Å². The Kier molecular flexibility index (Phi) is 5.37. The van der Waals surface area contributed by atoms with E-state index in [4.69, 9.17) is 10.7 Å². The molecule has 0 spiro atoms. The van der Waals surface area contributed by atoms with Crippen LogP contribution in [0.25, 0.3) is 0 Å². The van der Waals surface area contributed by atoms with E-state index < -0.39 is 9.05 Å². The number of nitrogens with one attached hydrogen (secondary N) is 1. The SMILES string of the molecule is CCCc1nc(S(=O)(=O)Cl)cn1CC(=O)NC(C)C. The quantitative estimate of drug-likeness (QED) is 0.803. The van der Waals surface area contributed by atoms with E-state index in [0.717, 1.165) is 6.42 Å². The van der Waals surface area contributed by atoms with Crippen LogP contribution in [0.4, 0.5) is 0 Å². The standard InChI is InChI=1S/C11H18ClN3O3S/c1-4-5-9-14-11(19(12,17)18)7-15(9)6-10(16)13-8(2)3/h7-8H,4-6H2,1-3H3,(H,13,16). The molecule has 1 rings (SSSR count). The lowest BCUT2D eigenvalue weighted by atomic mass is 10.3. The number of hydrogen-bond donors (Lipinski definition) is 1. The van der Waals surface area contributed by atoms with Crippen molar-refractivity contribution < 1.29 is 13.2 Å². The second kappa shape index (κ2) is 6.38. The van der Waals surface area contributed by atoms with Crippen LogP contribution in [0.1, 0.15) is 33.0 Å². The zero-order valence-electron chi connectivity index (χ0n) is 11.2. The average molecular weight is 308 g/mol. The molecule has 0 aliphatic rings. The van der Waals surface area contributed by atoms with E-state index in [-0.39, 0.29) is 23.5 Å². The Balaban J connectivity index is 2.98. The molecule has 108 valence electrons. The van der Waals surface area contributed by atoms with Gasteiger partial charge in [0, 0.05) is 29.3 Å². The van der Waals surface area contributed by atoms with Crippen LogP contribution in [0.5, 0.6) is 0 Å². The second-order valence-electron chi connectivity index (χ2n) is 4.53. The van der Waals surface area contributed by atoms with Crippen LogP contribution in [-0.2, 0) is 26.8 Å². The summed E-state index contributed by atoms with van der Waals surface area (Å²) in [4.78, 5) is 15.7. The predicted molar refractivity (Wildman–Crippen MR) is 72.5 cm³/mol. The van der Waals surface area contributed by atoms with Crippen molar-refractivity contribution in [3.63, 3.8) is 0 Å². The van der Waals surface area contributed by atoms with E-state index in [1.807, 2.05) is 20.8 Å². The summed E-state index contributed by atoms with van der Waals surface area (Å²) in [6.45, 7) is 5.69. The first kappa shape index (κ1) is 16.0. The predicted octanol–water partition coefficient (Wildman–Crippen LogP) is 1.29. The van der Waals surface area contributed by atoms with E-state index in [0.29, 0.717) is 12.2 Å². The third kappa shape index (κ3) is 4.83. The summed E-state index contributed by atoms with van der Waals surface area (Å²) in [5, 5.41) is 2.53. The number of hydrogen-bond acceptors (Lipinski definition) is 4. The molecule has 0 saturated carbocycles. The molecule has 1 aromatic rings. The maximum Gasteiger partial charge on any atom is 0.280 e. The Morgan fingerprint density at radius 2 is 2.16 bits per heavy atom. The Morgan fingerprint density at radius 1 is 1.53 bits per heavy atom. The number of aryl methyl sites for hydroxylation is 1. The summed E-state index contributed by atoms with van der Waals surface area (Å²) in [5.41, 5.74) is 0. The summed E-state index contributed by atoms with van der Waals surface area (Å²) < 4.78 is 24.0. The maximum atomic E-state index is 11.7. The lowest BCUT2D eigenvalue weighted by molar-refractivity contribution is -0.122. The minimum atomic E-state index is -3.87. The summed E-state index contributed by atoms with van der Waals surface area (Å²) >= 11 is 0. The molecule has 0 unspecified atom stereocenters. The van der Waals surface area contributed by atoms with Crippen molar-refractivity contribution in [2.75, 3.05) is 0 Å². The van der Waals surface area contributed by atoms with E-state index >= 15 is 0 Å². The van der Waals surface area contributed by atoms with Gasteiger partial charge in [0.15, 0.2) is 5.03 Å². The molecular weight excluding hydrogens is 290 g/mol. The van der Waals surface area contributed by atoms with Crippen molar-refractivity contribution in [1.29, 1.82) is 0 Å². The lowest BCUT2D eigenvalue weighted by Gasteiger charge is -2.10. The highest BCUT2D eigenvalue weighted by Crippen LogP contribution is 2.15. The summed E-state index contributed by atoms with van der Waals surface area (Å²) in [7, 11) is 1.39. The highest BCUT2D eigenvalue weighted by molar-refractivity contribution is 8.13. The number of carbonyl (C=O) groups is 1. The lowest BCUT2D eigenvalue weighted by Crippen LogP contribution is -2.33. The molecule has 19 heavy (non-hydrogen) atoms. The van der Waals surface area contributed by atoms with Crippen molar-refractivity contribution in [1.82, 2.24) is 14.9 Å². The van der Waals surface area contributed by atoms with Gasteiger partial charge in [-0.1, -0.05) is 6.92 Å². The van der Waals surface area contributed by atoms with Gasteiger partial charge in [0.2, 0.25) is 5.91 Å². The number of nitrogens with zero attached hydrogens (tertiary/aromatic N) is 2. The van der Waals surface area contributed by atoms with Crippen LogP contribution < -0.4 is 5.32 Å². The van der Waals surface area contributed by atoms with Gasteiger partial charge < -0.3 is 9.88 Å². The smallest absolute Gasteiger partial charge is 0.280 e. The third-order valence-corrected chi connectivity index (χ3v) is 3.49. The van der Waals surface area contributed by atoms with Crippen molar-refractivity contribution in [3.8, 4) is 0 Å². The van der Waals surface area contributed by atoms with Gasteiger partial charge in [-0.15, -0.1) is 0 Å². The number of aromatic nitrogens is 2. The molecule has 0 fully saturated rings. The highest BCUT2D eigenvalue weighted by Gasteiger charge is 2.18.